The molecule has 5 heteroatoms. The van der Waals surface area contributed by atoms with Crippen LogP contribution in [0.25, 0.3) is 0 Å². The van der Waals surface area contributed by atoms with Gasteiger partial charge < -0.3 is 10.1 Å². The summed E-state index contributed by atoms with van der Waals surface area (Å²) in [5, 5.41) is 2.82. The van der Waals surface area contributed by atoms with E-state index in [4.69, 9.17) is 4.74 Å². The van der Waals surface area contributed by atoms with Crippen LogP contribution in [0.15, 0.2) is 36.4 Å². The zero-order chi connectivity index (χ0) is 15.4. The van der Waals surface area contributed by atoms with E-state index in [0.717, 1.165) is 17.4 Å². The van der Waals surface area contributed by atoms with Crippen LogP contribution in [0.1, 0.15) is 25.5 Å². The van der Waals surface area contributed by atoms with Crippen molar-refractivity contribution in [3.8, 4) is 5.75 Å². The van der Waals surface area contributed by atoms with Gasteiger partial charge in [0.05, 0.1) is 12.3 Å². The van der Waals surface area contributed by atoms with E-state index in [9.17, 15) is 13.2 Å². The highest BCUT2D eigenvalue weighted by Gasteiger charge is 2.13. The van der Waals surface area contributed by atoms with Crippen LogP contribution < -0.4 is 10.1 Å². The smallest absolute Gasteiger partial charge is 0.161 e. The minimum Gasteiger partial charge on any atom is -0.494 e. The van der Waals surface area contributed by atoms with Gasteiger partial charge >= 0.3 is 0 Å². The van der Waals surface area contributed by atoms with Gasteiger partial charge in [0.25, 0.3) is 0 Å². The third-order valence-corrected chi connectivity index (χ3v) is 3.07. The fourth-order valence-electron chi connectivity index (χ4n) is 1.97. The summed E-state index contributed by atoms with van der Waals surface area (Å²) in [5.74, 6) is -2.37. The van der Waals surface area contributed by atoms with Crippen LogP contribution in [0.2, 0.25) is 0 Å². The summed E-state index contributed by atoms with van der Waals surface area (Å²) >= 11 is 0. The van der Waals surface area contributed by atoms with E-state index >= 15 is 0 Å². The lowest BCUT2D eigenvalue weighted by Crippen LogP contribution is -2.09. The molecule has 0 fully saturated rings. The van der Waals surface area contributed by atoms with Gasteiger partial charge in [0.2, 0.25) is 0 Å². The average molecular weight is 295 g/mol. The van der Waals surface area contributed by atoms with Crippen molar-refractivity contribution in [2.24, 2.45) is 0 Å². The van der Waals surface area contributed by atoms with E-state index in [1.165, 1.54) is 0 Å². The molecule has 21 heavy (non-hydrogen) atoms. The van der Waals surface area contributed by atoms with Crippen LogP contribution in [-0.4, -0.2) is 6.61 Å². The highest BCUT2D eigenvalue weighted by atomic mass is 19.2. The fourth-order valence-corrected chi connectivity index (χ4v) is 1.97. The molecule has 0 spiro atoms. The number of ether oxygens (including phenoxy) is 1. The van der Waals surface area contributed by atoms with Crippen LogP contribution >= 0.6 is 0 Å². The predicted octanol–water partition coefficient (Wildman–Crippen LogP) is 4.68. The average Bonchev–Trinajstić information content (AvgIpc) is 2.46. The largest absolute Gasteiger partial charge is 0.494 e. The first-order valence-electron chi connectivity index (χ1n) is 6.65. The maximum atomic E-state index is 13.6. The molecule has 112 valence electrons. The zero-order valence-corrected chi connectivity index (χ0v) is 11.8. The second-order valence-corrected chi connectivity index (χ2v) is 4.61. The zero-order valence-electron chi connectivity index (χ0n) is 11.8. The SMILES string of the molecule is CCOc1ccc(C(C)Nc2cc(F)c(F)cc2F)cc1. The predicted molar refractivity (Wildman–Crippen MR) is 76.0 cm³/mol. The Labute approximate surface area is 121 Å². The minimum atomic E-state index is -1.20. The summed E-state index contributed by atoms with van der Waals surface area (Å²) in [6.45, 7) is 4.27. The van der Waals surface area contributed by atoms with E-state index in [-0.39, 0.29) is 11.7 Å². The Morgan fingerprint density at radius 1 is 1.00 bits per heavy atom. The fraction of sp³-hybridized carbons (Fsp3) is 0.250. The minimum absolute atomic E-state index is 0.0738. The first-order chi connectivity index (χ1) is 10.0. The number of hydrogen-bond acceptors (Lipinski definition) is 2. The molecule has 0 bridgehead atoms. The van der Waals surface area contributed by atoms with Crippen molar-refractivity contribution in [2.75, 3.05) is 11.9 Å². The Hall–Kier alpha value is -2.17. The van der Waals surface area contributed by atoms with E-state index in [2.05, 4.69) is 5.32 Å². The molecule has 1 N–H and O–H groups in total. The summed E-state index contributed by atoms with van der Waals surface area (Å²) in [4.78, 5) is 0. The lowest BCUT2D eigenvalue weighted by Gasteiger charge is -2.17. The standard InChI is InChI=1S/C16H16F3NO/c1-3-21-12-6-4-11(5-7-12)10(2)20-16-9-14(18)13(17)8-15(16)19/h4-10,20H,3H2,1-2H3. The number of hydrogen-bond donors (Lipinski definition) is 1. The van der Waals surface area contributed by atoms with Crippen LogP contribution in [0.3, 0.4) is 0 Å². The van der Waals surface area contributed by atoms with Gasteiger partial charge in [-0.15, -0.1) is 0 Å². The molecular formula is C16H16F3NO. The molecule has 2 aromatic rings. The molecule has 0 saturated heterocycles. The molecule has 2 aromatic carbocycles. The van der Waals surface area contributed by atoms with E-state index < -0.39 is 17.5 Å². The molecular weight excluding hydrogens is 279 g/mol. The van der Waals surface area contributed by atoms with Crippen molar-refractivity contribution in [2.45, 2.75) is 19.9 Å². The summed E-state index contributed by atoms with van der Waals surface area (Å²) in [6, 6.07) is 8.36. The Balaban J connectivity index is 2.14. The Morgan fingerprint density at radius 3 is 2.24 bits per heavy atom. The van der Waals surface area contributed by atoms with Crippen LogP contribution in [0, 0.1) is 17.5 Å². The highest BCUT2D eigenvalue weighted by Crippen LogP contribution is 2.25. The molecule has 1 unspecified atom stereocenters. The Morgan fingerprint density at radius 2 is 1.62 bits per heavy atom. The van der Waals surface area contributed by atoms with Crippen molar-refractivity contribution in [1.29, 1.82) is 0 Å². The van der Waals surface area contributed by atoms with Crippen molar-refractivity contribution in [1.82, 2.24) is 0 Å². The van der Waals surface area contributed by atoms with Gasteiger partial charge in [0.15, 0.2) is 11.6 Å². The van der Waals surface area contributed by atoms with E-state index in [1.54, 1.807) is 19.1 Å². The van der Waals surface area contributed by atoms with E-state index in [1.807, 2.05) is 19.1 Å². The maximum absolute atomic E-state index is 13.6. The van der Waals surface area contributed by atoms with Crippen molar-refractivity contribution < 1.29 is 17.9 Å². The molecule has 2 nitrogen and oxygen atoms in total. The van der Waals surface area contributed by atoms with Crippen LogP contribution in [-0.2, 0) is 0 Å². The number of halogens is 3. The lowest BCUT2D eigenvalue weighted by molar-refractivity contribution is 0.340. The summed E-state index contributed by atoms with van der Waals surface area (Å²) in [5.41, 5.74) is 0.804. The third kappa shape index (κ3) is 3.68. The number of benzene rings is 2. The van der Waals surface area contributed by atoms with E-state index in [0.29, 0.717) is 12.7 Å². The molecule has 0 aliphatic heterocycles. The summed E-state index contributed by atoms with van der Waals surface area (Å²) < 4.78 is 44.9. The van der Waals surface area contributed by atoms with Gasteiger partial charge in [-0.05, 0) is 31.5 Å². The van der Waals surface area contributed by atoms with Crippen LogP contribution in [0.5, 0.6) is 5.75 Å². The summed E-state index contributed by atoms with van der Waals surface area (Å²) in [7, 11) is 0. The van der Waals surface area contributed by atoms with Gasteiger partial charge in [0.1, 0.15) is 11.6 Å². The van der Waals surface area contributed by atoms with Crippen LogP contribution in [0.4, 0.5) is 18.9 Å². The quantitative estimate of drug-likeness (QED) is 0.809. The van der Waals surface area contributed by atoms with Crippen molar-refractivity contribution in [3.63, 3.8) is 0 Å². The molecule has 0 aliphatic rings. The normalized spacial score (nSPS) is 12.0. The number of anilines is 1. The highest BCUT2D eigenvalue weighted by molar-refractivity contribution is 5.47. The second-order valence-electron chi connectivity index (χ2n) is 4.61. The van der Waals surface area contributed by atoms with Gasteiger partial charge in [-0.1, -0.05) is 12.1 Å². The first-order valence-corrected chi connectivity index (χ1v) is 6.65. The van der Waals surface area contributed by atoms with Gasteiger partial charge in [-0.3, -0.25) is 0 Å². The first kappa shape index (κ1) is 15.2. The Bertz CT molecular complexity index is 614. The number of rotatable bonds is 5. The Kier molecular flexibility index (Phi) is 4.73. The molecule has 0 aliphatic carbocycles. The van der Waals surface area contributed by atoms with Gasteiger partial charge in [-0.2, -0.15) is 0 Å². The molecule has 0 amide bonds. The van der Waals surface area contributed by atoms with Gasteiger partial charge in [-0.25, -0.2) is 13.2 Å². The molecule has 0 aromatic heterocycles. The monoisotopic (exact) mass is 295 g/mol. The molecule has 0 saturated carbocycles. The molecule has 1 atom stereocenters. The molecule has 0 heterocycles. The molecule has 2 rings (SSSR count). The maximum Gasteiger partial charge on any atom is 0.161 e. The summed E-state index contributed by atoms with van der Waals surface area (Å²) in [6.07, 6.45) is 0. The lowest BCUT2D eigenvalue weighted by atomic mass is 10.1. The van der Waals surface area contributed by atoms with Crippen molar-refractivity contribution >= 4 is 5.69 Å². The third-order valence-electron chi connectivity index (χ3n) is 3.07. The number of nitrogens with one attached hydrogen (secondary N) is 1. The molecule has 0 radical (unpaired) electrons. The second kappa shape index (κ2) is 6.52. The topological polar surface area (TPSA) is 21.3 Å². The van der Waals surface area contributed by atoms with Crippen molar-refractivity contribution in [3.05, 3.63) is 59.4 Å². The van der Waals surface area contributed by atoms with Gasteiger partial charge in [0, 0.05) is 18.2 Å².